The number of rotatable bonds is 2. The molecular formula is C17H12BN2S2. The second kappa shape index (κ2) is 4.76. The van der Waals surface area contributed by atoms with Gasteiger partial charge in [0.25, 0.3) is 0 Å². The van der Waals surface area contributed by atoms with Crippen LogP contribution in [-0.2, 0) is 0 Å². The fraction of sp³-hybridized carbons (Fsp3) is 0.0588. The number of hydrogen-bond acceptors (Lipinski definition) is 3. The highest BCUT2D eigenvalue weighted by Crippen LogP contribution is 2.42. The van der Waals surface area contributed by atoms with Gasteiger partial charge in [-0.2, -0.15) is 22.7 Å². The number of thiophene rings is 2. The van der Waals surface area contributed by atoms with Crippen LogP contribution in [0.2, 0.25) is 0 Å². The van der Waals surface area contributed by atoms with Gasteiger partial charge in [0.05, 0.1) is 0 Å². The molecule has 0 aliphatic carbocycles. The van der Waals surface area contributed by atoms with E-state index in [0.717, 1.165) is 6.54 Å². The molecule has 0 fully saturated rings. The molecule has 0 atom stereocenters. The van der Waals surface area contributed by atoms with E-state index in [1.54, 1.807) is 22.7 Å². The Hall–Kier alpha value is -1.98. The third-order valence-electron chi connectivity index (χ3n) is 4.21. The minimum atomic E-state index is 0.936. The maximum Gasteiger partial charge on any atom is 0.396 e. The van der Waals surface area contributed by atoms with Crippen molar-refractivity contribution < 1.29 is 0 Å². The lowest BCUT2D eigenvalue weighted by Gasteiger charge is -2.30. The molecule has 2 aliphatic heterocycles. The summed E-state index contributed by atoms with van der Waals surface area (Å²) in [7, 11) is 2.20. The Morgan fingerprint density at radius 2 is 1.82 bits per heavy atom. The fourth-order valence-corrected chi connectivity index (χ4v) is 4.56. The highest BCUT2D eigenvalue weighted by Gasteiger charge is 2.32. The van der Waals surface area contributed by atoms with Crippen molar-refractivity contribution in [3.63, 3.8) is 0 Å². The quantitative estimate of drug-likeness (QED) is 0.644. The summed E-state index contributed by atoms with van der Waals surface area (Å²) in [4.78, 5) is 2.35. The topological polar surface area (TPSA) is 8.17 Å². The lowest BCUT2D eigenvalue weighted by molar-refractivity contribution is 0.631. The SMILES string of the molecule is [B]1N2CC=C(c3ccsc3)C2=C(c2ccsc2)c2cccn21. The summed E-state index contributed by atoms with van der Waals surface area (Å²) >= 11 is 3.51. The van der Waals surface area contributed by atoms with Gasteiger partial charge in [-0.05, 0) is 63.1 Å². The normalized spacial score (nSPS) is 16.4. The van der Waals surface area contributed by atoms with Gasteiger partial charge < -0.3 is 9.29 Å². The molecule has 22 heavy (non-hydrogen) atoms. The molecule has 0 unspecified atom stereocenters. The predicted octanol–water partition coefficient (Wildman–Crippen LogP) is 4.17. The van der Waals surface area contributed by atoms with Crippen molar-refractivity contribution in [2.75, 3.05) is 6.54 Å². The van der Waals surface area contributed by atoms with Crippen molar-refractivity contribution in [1.29, 1.82) is 0 Å². The van der Waals surface area contributed by atoms with Gasteiger partial charge in [0.1, 0.15) is 0 Å². The monoisotopic (exact) mass is 319 g/mol. The molecule has 0 saturated carbocycles. The van der Waals surface area contributed by atoms with Crippen molar-refractivity contribution in [3.05, 3.63) is 80.6 Å². The summed E-state index contributed by atoms with van der Waals surface area (Å²) in [5.41, 5.74) is 7.93. The first-order chi connectivity index (χ1) is 10.9. The van der Waals surface area contributed by atoms with Gasteiger partial charge in [0.2, 0.25) is 0 Å². The second-order valence-electron chi connectivity index (χ2n) is 5.43. The van der Waals surface area contributed by atoms with Crippen molar-refractivity contribution in [1.82, 2.24) is 9.29 Å². The van der Waals surface area contributed by atoms with Crippen LogP contribution >= 0.6 is 22.7 Å². The van der Waals surface area contributed by atoms with Gasteiger partial charge >= 0.3 is 7.55 Å². The molecule has 3 aromatic heterocycles. The van der Waals surface area contributed by atoms with Gasteiger partial charge in [-0.25, -0.2) is 0 Å². The Balaban J connectivity index is 1.79. The molecule has 0 spiro atoms. The standard InChI is InChI=1S/C17H12BN2S2/c1-2-15-16(13-5-9-22-11-13)17-14(12-4-8-21-10-12)3-7-20(17)18-19(15)6-1/h1-6,8-11H,7H2. The number of aromatic nitrogens is 1. The van der Waals surface area contributed by atoms with Gasteiger partial charge in [0.15, 0.2) is 0 Å². The van der Waals surface area contributed by atoms with E-state index in [-0.39, 0.29) is 0 Å². The summed E-state index contributed by atoms with van der Waals surface area (Å²) in [6.07, 6.45) is 4.47. The maximum atomic E-state index is 2.35. The average Bonchev–Trinajstić information content (AvgIpc) is 3.28. The van der Waals surface area contributed by atoms with Crippen LogP contribution in [0.5, 0.6) is 0 Å². The first-order valence-corrected chi connectivity index (χ1v) is 9.09. The third kappa shape index (κ3) is 1.73. The molecule has 0 aromatic carbocycles. The Kier molecular flexibility index (Phi) is 2.72. The second-order valence-corrected chi connectivity index (χ2v) is 6.99. The first kappa shape index (κ1) is 12.6. The van der Waals surface area contributed by atoms with E-state index in [0.29, 0.717) is 0 Å². The molecule has 5 heterocycles. The molecule has 3 aromatic rings. The summed E-state index contributed by atoms with van der Waals surface area (Å²) in [5, 5.41) is 8.79. The largest absolute Gasteiger partial charge is 0.396 e. The van der Waals surface area contributed by atoms with Crippen LogP contribution in [0.1, 0.15) is 16.8 Å². The maximum absolute atomic E-state index is 2.35. The lowest BCUT2D eigenvalue weighted by Crippen LogP contribution is -2.34. The molecule has 1 radical (unpaired) electrons. The molecule has 0 amide bonds. The predicted molar refractivity (Wildman–Crippen MR) is 94.9 cm³/mol. The molecule has 0 N–H and O–H groups in total. The summed E-state index contributed by atoms with van der Waals surface area (Å²) in [5.74, 6) is 0. The van der Waals surface area contributed by atoms with Crippen LogP contribution in [0.15, 0.2) is 63.8 Å². The van der Waals surface area contributed by atoms with Crippen molar-refractivity contribution >= 4 is 41.4 Å². The molecule has 5 rings (SSSR count). The third-order valence-corrected chi connectivity index (χ3v) is 5.58. The van der Waals surface area contributed by atoms with Crippen LogP contribution in [0.4, 0.5) is 0 Å². The van der Waals surface area contributed by atoms with E-state index < -0.39 is 0 Å². The smallest absolute Gasteiger partial charge is 0.394 e. The van der Waals surface area contributed by atoms with Crippen LogP contribution in [-0.4, -0.2) is 23.4 Å². The zero-order chi connectivity index (χ0) is 14.5. The highest BCUT2D eigenvalue weighted by atomic mass is 32.1. The Bertz CT molecular complexity index is 885. The summed E-state index contributed by atoms with van der Waals surface area (Å²) < 4.78 is 2.22. The van der Waals surface area contributed by atoms with E-state index in [9.17, 15) is 0 Å². The molecular weight excluding hydrogens is 307 g/mol. The number of nitrogens with zero attached hydrogens (tertiary/aromatic N) is 2. The molecule has 105 valence electrons. The minimum absolute atomic E-state index is 0.936. The van der Waals surface area contributed by atoms with Crippen LogP contribution in [0.25, 0.3) is 11.1 Å². The molecule has 2 nitrogen and oxygen atoms in total. The summed E-state index contributed by atoms with van der Waals surface area (Å²) in [6.45, 7) is 0.936. The van der Waals surface area contributed by atoms with Crippen molar-refractivity contribution in [3.8, 4) is 0 Å². The molecule has 5 heteroatoms. The Morgan fingerprint density at radius 3 is 2.59 bits per heavy atom. The van der Waals surface area contributed by atoms with E-state index in [1.807, 2.05) is 0 Å². The van der Waals surface area contributed by atoms with Gasteiger partial charge in [-0.3, -0.25) is 0 Å². The van der Waals surface area contributed by atoms with Crippen molar-refractivity contribution in [2.45, 2.75) is 0 Å². The number of hydrogen-bond donors (Lipinski definition) is 0. The fourth-order valence-electron chi connectivity index (χ4n) is 3.26. The molecule has 2 aliphatic rings. The van der Waals surface area contributed by atoms with Crippen LogP contribution in [0, 0.1) is 0 Å². The summed E-state index contributed by atoms with van der Waals surface area (Å²) in [6, 6.07) is 8.76. The zero-order valence-electron chi connectivity index (χ0n) is 11.8. The Labute approximate surface area is 137 Å². The van der Waals surface area contributed by atoms with Crippen LogP contribution < -0.4 is 0 Å². The average molecular weight is 319 g/mol. The van der Waals surface area contributed by atoms with E-state index in [2.05, 4.69) is 74.9 Å². The molecule has 0 bridgehead atoms. The lowest BCUT2D eigenvalue weighted by atomic mass is 9.90. The van der Waals surface area contributed by atoms with Gasteiger partial charge in [-0.15, -0.1) is 0 Å². The van der Waals surface area contributed by atoms with Gasteiger partial charge in [0, 0.05) is 29.1 Å². The number of fused-ring (bicyclic) bond motifs is 2. The number of allylic oxidation sites excluding steroid dienone is 1. The Morgan fingerprint density at radius 1 is 1.00 bits per heavy atom. The highest BCUT2D eigenvalue weighted by molar-refractivity contribution is 7.08. The van der Waals surface area contributed by atoms with E-state index >= 15 is 0 Å². The minimum Gasteiger partial charge on any atom is -0.394 e. The van der Waals surface area contributed by atoms with Gasteiger partial charge in [-0.1, -0.05) is 6.08 Å². The van der Waals surface area contributed by atoms with Crippen molar-refractivity contribution in [2.24, 2.45) is 0 Å². The molecule has 0 saturated heterocycles. The first-order valence-electron chi connectivity index (χ1n) is 7.20. The van der Waals surface area contributed by atoms with E-state index in [1.165, 1.54) is 33.7 Å². The van der Waals surface area contributed by atoms with E-state index in [4.69, 9.17) is 0 Å². The van der Waals surface area contributed by atoms with Crippen LogP contribution in [0.3, 0.4) is 0 Å². The zero-order valence-corrected chi connectivity index (χ0v) is 13.4.